The van der Waals surface area contributed by atoms with Crippen LogP contribution in [0, 0.1) is 0 Å². The van der Waals surface area contributed by atoms with E-state index < -0.39 is 12.1 Å². The highest BCUT2D eigenvalue weighted by atomic mass is 16.5. The Morgan fingerprint density at radius 1 is 1.08 bits per heavy atom. The van der Waals surface area contributed by atoms with Crippen LogP contribution in [0.25, 0.3) is 0 Å². The minimum atomic E-state index is -0.704. The predicted octanol–water partition coefficient (Wildman–Crippen LogP) is 1.51. The second kappa shape index (κ2) is 7.25. The van der Waals surface area contributed by atoms with Crippen molar-refractivity contribution in [3.8, 4) is 0 Å². The number of amides is 1. The van der Waals surface area contributed by atoms with Crippen molar-refractivity contribution < 1.29 is 14.3 Å². The van der Waals surface area contributed by atoms with Gasteiger partial charge in [0.05, 0.1) is 5.56 Å². The average molecular weight is 351 g/mol. The van der Waals surface area contributed by atoms with Gasteiger partial charge in [0.25, 0.3) is 5.91 Å². The third-order valence-electron chi connectivity index (χ3n) is 5.01. The zero-order valence-electron chi connectivity index (χ0n) is 14.5. The molecule has 0 N–H and O–H groups in total. The van der Waals surface area contributed by atoms with Gasteiger partial charge in [0.1, 0.15) is 0 Å². The van der Waals surface area contributed by atoms with Gasteiger partial charge in [-0.05, 0) is 29.3 Å². The van der Waals surface area contributed by atoms with Crippen LogP contribution in [-0.4, -0.2) is 58.9 Å². The Kier molecular flexibility index (Phi) is 4.67. The molecule has 1 fully saturated rings. The average Bonchev–Trinajstić information content (AvgIpc) is 2.69. The van der Waals surface area contributed by atoms with Crippen molar-refractivity contribution in [2.45, 2.75) is 19.1 Å². The van der Waals surface area contributed by atoms with Crippen LogP contribution < -0.4 is 0 Å². The van der Waals surface area contributed by atoms with E-state index in [1.54, 1.807) is 18.5 Å². The van der Waals surface area contributed by atoms with E-state index in [1.165, 1.54) is 5.56 Å². The van der Waals surface area contributed by atoms with Crippen LogP contribution in [0.2, 0.25) is 0 Å². The van der Waals surface area contributed by atoms with Crippen LogP contribution in [0.4, 0.5) is 0 Å². The second-order valence-electron chi connectivity index (χ2n) is 6.71. The van der Waals surface area contributed by atoms with Gasteiger partial charge in [0.15, 0.2) is 6.10 Å². The molecule has 6 nitrogen and oxygen atoms in total. The van der Waals surface area contributed by atoms with Crippen molar-refractivity contribution in [1.82, 2.24) is 14.8 Å². The van der Waals surface area contributed by atoms with E-state index >= 15 is 0 Å². The first kappa shape index (κ1) is 16.7. The summed E-state index contributed by atoms with van der Waals surface area (Å²) in [5.74, 6) is -0.488. The van der Waals surface area contributed by atoms with Gasteiger partial charge in [-0.2, -0.15) is 0 Å². The molecule has 0 radical (unpaired) electrons. The highest BCUT2D eigenvalue weighted by molar-refractivity contribution is 5.95. The summed E-state index contributed by atoms with van der Waals surface area (Å²) in [6, 6.07) is 11.4. The zero-order chi connectivity index (χ0) is 17.9. The molecule has 2 aliphatic heterocycles. The number of ether oxygens (including phenoxy) is 1. The van der Waals surface area contributed by atoms with Crippen molar-refractivity contribution in [2.24, 2.45) is 0 Å². The zero-order valence-corrected chi connectivity index (χ0v) is 14.5. The molecule has 4 rings (SSSR count). The first-order valence-electron chi connectivity index (χ1n) is 8.89. The van der Waals surface area contributed by atoms with Gasteiger partial charge in [0.2, 0.25) is 0 Å². The number of piperazine rings is 1. The summed E-state index contributed by atoms with van der Waals surface area (Å²) in [5.41, 5.74) is 2.68. The van der Waals surface area contributed by atoms with Crippen LogP contribution in [-0.2, 0) is 22.5 Å². The van der Waals surface area contributed by atoms with Gasteiger partial charge < -0.3 is 9.64 Å². The number of esters is 1. The van der Waals surface area contributed by atoms with E-state index in [-0.39, 0.29) is 5.91 Å². The second-order valence-corrected chi connectivity index (χ2v) is 6.71. The SMILES string of the molecule is O=C1O[C@H](C(=O)N2CCN(Cc3ccncc3)CC2)Cc2ccccc21. The van der Waals surface area contributed by atoms with Crippen LogP contribution in [0.3, 0.4) is 0 Å². The Balaban J connectivity index is 1.35. The Morgan fingerprint density at radius 2 is 1.81 bits per heavy atom. The molecule has 0 bridgehead atoms. The first-order valence-corrected chi connectivity index (χ1v) is 8.89. The van der Waals surface area contributed by atoms with Crippen LogP contribution in [0.1, 0.15) is 21.5 Å². The molecule has 1 amide bonds. The highest BCUT2D eigenvalue weighted by Crippen LogP contribution is 2.22. The third kappa shape index (κ3) is 3.46. The van der Waals surface area contributed by atoms with Gasteiger partial charge in [-0.15, -0.1) is 0 Å². The lowest BCUT2D eigenvalue weighted by Crippen LogP contribution is -2.52. The van der Waals surface area contributed by atoms with Crippen molar-refractivity contribution in [1.29, 1.82) is 0 Å². The Labute approximate surface area is 152 Å². The van der Waals surface area contributed by atoms with Gasteiger partial charge in [-0.25, -0.2) is 4.79 Å². The molecule has 0 saturated carbocycles. The molecule has 1 atom stereocenters. The number of pyridine rings is 1. The monoisotopic (exact) mass is 351 g/mol. The van der Waals surface area contributed by atoms with E-state index in [0.29, 0.717) is 25.1 Å². The van der Waals surface area contributed by atoms with E-state index in [2.05, 4.69) is 9.88 Å². The van der Waals surface area contributed by atoms with Gasteiger partial charge in [-0.1, -0.05) is 18.2 Å². The molecule has 2 aliphatic rings. The number of hydrogen-bond donors (Lipinski definition) is 0. The summed E-state index contributed by atoms with van der Waals surface area (Å²) in [5, 5.41) is 0. The number of hydrogen-bond acceptors (Lipinski definition) is 5. The fourth-order valence-corrected chi connectivity index (χ4v) is 3.55. The molecular formula is C20H21N3O3. The minimum absolute atomic E-state index is 0.0867. The smallest absolute Gasteiger partial charge is 0.339 e. The molecule has 26 heavy (non-hydrogen) atoms. The van der Waals surface area contributed by atoms with Crippen molar-refractivity contribution >= 4 is 11.9 Å². The van der Waals surface area contributed by atoms with Crippen LogP contribution in [0.15, 0.2) is 48.8 Å². The normalized spacial score (nSPS) is 20.4. The van der Waals surface area contributed by atoms with Crippen LogP contribution >= 0.6 is 0 Å². The molecule has 1 saturated heterocycles. The maximum absolute atomic E-state index is 12.8. The third-order valence-corrected chi connectivity index (χ3v) is 5.01. The molecule has 0 spiro atoms. The van der Waals surface area contributed by atoms with Crippen LogP contribution in [0.5, 0.6) is 0 Å². The molecule has 0 aliphatic carbocycles. The van der Waals surface area contributed by atoms with Gasteiger partial charge in [0, 0.05) is 51.5 Å². The molecule has 0 unspecified atom stereocenters. The number of carbonyl (C=O) groups excluding carboxylic acids is 2. The van der Waals surface area contributed by atoms with E-state index in [0.717, 1.165) is 25.2 Å². The Morgan fingerprint density at radius 3 is 2.58 bits per heavy atom. The largest absolute Gasteiger partial charge is 0.448 e. The molecule has 1 aromatic heterocycles. The summed E-state index contributed by atoms with van der Waals surface area (Å²) in [6.45, 7) is 3.78. The summed E-state index contributed by atoms with van der Waals surface area (Å²) in [4.78, 5) is 33.1. The molecule has 2 aromatic rings. The van der Waals surface area contributed by atoms with Gasteiger partial charge >= 0.3 is 5.97 Å². The molecule has 134 valence electrons. The van der Waals surface area contributed by atoms with Crippen molar-refractivity contribution in [3.63, 3.8) is 0 Å². The molecule has 6 heteroatoms. The number of aromatic nitrogens is 1. The Bertz CT molecular complexity index is 801. The lowest BCUT2D eigenvalue weighted by atomic mass is 9.98. The Hall–Kier alpha value is -2.73. The number of carbonyl (C=O) groups is 2. The van der Waals surface area contributed by atoms with Crippen molar-refractivity contribution in [3.05, 3.63) is 65.5 Å². The standard InChI is InChI=1S/C20H21N3O3/c24-19(18-13-16-3-1-2-4-17(16)20(25)26-18)23-11-9-22(10-12-23)14-15-5-7-21-8-6-15/h1-8,18H,9-14H2/t18-/m0/s1. The van der Waals surface area contributed by atoms with Gasteiger partial charge in [-0.3, -0.25) is 14.7 Å². The number of benzene rings is 1. The summed E-state index contributed by atoms with van der Waals surface area (Å²) < 4.78 is 5.40. The maximum Gasteiger partial charge on any atom is 0.339 e. The fraction of sp³-hybridized carbons (Fsp3) is 0.350. The summed E-state index contributed by atoms with van der Waals surface area (Å²) in [7, 11) is 0. The first-order chi connectivity index (χ1) is 12.7. The summed E-state index contributed by atoms with van der Waals surface area (Å²) in [6.07, 6.45) is 3.34. The number of nitrogens with zero attached hydrogens (tertiary/aromatic N) is 3. The van der Waals surface area contributed by atoms with E-state index in [9.17, 15) is 9.59 Å². The molecule has 1 aromatic carbocycles. The molecule has 3 heterocycles. The maximum atomic E-state index is 12.8. The lowest BCUT2D eigenvalue weighted by molar-refractivity contribution is -0.142. The topological polar surface area (TPSA) is 62.7 Å². The minimum Gasteiger partial charge on any atom is -0.448 e. The molecular weight excluding hydrogens is 330 g/mol. The number of rotatable bonds is 3. The highest BCUT2D eigenvalue weighted by Gasteiger charge is 2.34. The number of cyclic esters (lactones) is 1. The predicted molar refractivity (Wildman–Crippen MR) is 95.4 cm³/mol. The summed E-state index contributed by atoms with van der Waals surface area (Å²) >= 11 is 0. The van der Waals surface area contributed by atoms with E-state index in [1.807, 2.05) is 35.2 Å². The van der Waals surface area contributed by atoms with Crippen molar-refractivity contribution in [2.75, 3.05) is 26.2 Å². The quantitative estimate of drug-likeness (QED) is 0.785. The van der Waals surface area contributed by atoms with E-state index in [4.69, 9.17) is 4.74 Å². The lowest BCUT2D eigenvalue weighted by Gasteiger charge is -2.37. The fourth-order valence-electron chi connectivity index (χ4n) is 3.55. The number of fused-ring (bicyclic) bond motifs is 1.